The molecule has 0 fully saturated rings. The number of carbonyl (C=O) groups is 2. The van der Waals surface area contributed by atoms with Crippen LogP contribution < -0.4 is 10.6 Å². The molecular weight excluding hydrogens is 432 g/mol. The van der Waals surface area contributed by atoms with Gasteiger partial charge in [-0.1, -0.05) is 59.8 Å². The van der Waals surface area contributed by atoms with Crippen LogP contribution in [0.1, 0.15) is 21.5 Å². The molecule has 0 radical (unpaired) electrons. The highest BCUT2D eigenvalue weighted by Gasteiger charge is 2.11. The number of aryl methyl sites for hydroxylation is 1. The first kappa shape index (κ1) is 22.4. The number of aromatic nitrogens is 2. The zero-order valence-corrected chi connectivity index (χ0v) is 19.0. The van der Waals surface area contributed by atoms with E-state index in [2.05, 4.69) is 15.6 Å². The van der Waals surface area contributed by atoms with Crippen LogP contribution in [-0.2, 0) is 11.3 Å². The lowest BCUT2D eigenvalue weighted by Gasteiger charge is -2.10. The normalized spacial score (nSPS) is 10.6. The van der Waals surface area contributed by atoms with Gasteiger partial charge in [-0.25, -0.2) is 4.98 Å². The first-order valence-corrected chi connectivity index (χ1v) is 11.5. The Bertz CT molecular complexity index is 1220. The van der Waals surface area contributed by atoms with Gasteiger partial charge in [0, 0.05) is 35.9 Å². The van der Waals surface area contributed by atoms with Gasteiger partial charge in [0.2, 0.25) is 5.91 Å². The highest BCUT2D eigenvalue weighted by Crippen LogP contribution is 2.21. The lowest BCUT2D eigenvalue weighted by Crippen LogP contribution is -2.22. The van der Waals surface area contributed by atoms with E-state index in [1.807, 2.05) is 84.4 Å². The summed E-state index contributed by atoms with van der Waals surface area (Å²) in [4.78, 5) is 29.1. The second-order valence-electron chi connectivity index (χ2n) is 7.50. The van der Waals surface area contributed by atoms with Gasteiger partial charge in [0.25, 0.3) is 5.91 Å². The van der Waals surface area contributed by atoms with Crippen molar-refractivity contribution in [2.45, 2.75) is 18.6 Å². The van der Waals surface area contributed by atoms with Crippen LogP contribution in [-0.4, -0.2) is 27.1 Å². The van der Waals surface area contributed by atoms with Crippen molar-refractivity contribution in [3.05, 3.63) is 108 Å². The van der Waals surface area contributed by atoms with Gasteiger partial charge in [0.1, 0.15) is 0 Å². The van der Waals surface area contributed by atoms with Crippen molar-refractivity contribution in [1.29, 1.82) is 0 Å². The standard InChI is InChI=1S/C26H24N4O2S/c1-19-7-9-20(10-8-19)17-28-25(32)21-11-13-23(14-12-21)30-16-15-27-26(30)33-18-24(31)29-22-5-3-2-4-6-22/h2-16H,17-18H2,1H3,(H,28,32)(H,29,31). The summed E-state index contributed by atoms with van der Waals surface area (Å²) < 4.78 is 1.90. The van der Waals surface area contributed by atoms with Crippen molar-refractivity contribution in [3.63, 3.8) is 0 Å². The number of para-hydroxylation sites is 1. The molecule has 1 heterocycles. The van der Waals surface area contributed by atoms with E-state index >= 15 is 0 Å². The fourth-order valence-electron chi connectivity index (χ4n) is 3.21. The van der Waals surface area contributed by atoms with E-state index in [0.717, 1.165) is 16.9 Å². The third kappa shape index (κ3) is 6.11. The second kappa shape index (κ2) is 10.7. The molecule has 4 aromatic rings. The topological polar surface area (TPSA) is 76.0 Å². The number of amides is 2. The SMILES string of the molecule is Cc1ccc(CNC(=O)c2ccc(-n3ccnc3SCC(=O)Nc3ccccc3)cc2)cc1. The molecule has 0 saturated heterocycles. The van der Waals surface area contributed by atoms with Crippen molar-refractivity contribution < 1.29 is 9.59 Å². The average Bonchev–Trinajstić information content (AvgIpc) is 3.32. The summed E-state index contributed by atoms with van der Waals surface area (Å²) in [6.07, 6.45) is 3.53. The molecule has 7 heteroatoms. The van der Waals surface area contributed by atoms with Crippen LogP contribution in [0.3, 0.4) is 0 Å². The average molecular weight is 457 g/mol. The molecule has 0 unspecified atom stereocenters. The van der Waals surface area contributed by atoms with Gasteiger partial charge in [-0.15, -0.1) is 0 Å². The molecule has 2 N–H and O–H groups in total. The number of carbonyl (C=O) groups excluding carboxylic acids is 2. The van der Waals surface area contributed by atoms with Gasteiger partial charge in [-0.3, -0.25) is 14.2 Å². The van der Waals surface area contributed by atoms with E-state index in [1.165, 1.54) is 17.3 Å². The summed E-state index contributed by atoms with van der Waals surface area (Å²) in [6, 6.07) is 24.8. The Balaban J connectivity index is 1.34. The minimum Gasteiger partial charge on any atom is -0.348 e. The summed E-state index contributed by atoms with van der Waals surface area (Å²) >= 11 is 1.35. The molecule has 6 nitrogen and oxygen atoms in total. The molecule has 1 aromatic heterocycles. The van der Waals surface area contributed by atoms with E-state index in [-0.39, 0.29) is 17.6 Å². The summed E-state index contributed by atoms with van der Waals surface area (Å²) in [5, 5.41) is 6.52. The number of anilines is 1. The van der Waals surface area contributed by atoms with Gasteiger partial charge in [0.15, 0.2) is 5.16 Å². The van der Waals surface area contributed by atoms with Crippen LogP contribution in [0.2, 0.25) is 0 Å². The Morgan fingerprint density at radius 1 is 0.939 bits per heavy atom. The summed E-state index contributed by atoms with van der Waals surface area (Å²) in [5.41, 5.74) is 4.47. The number of rotatable bonds is 8. The molecule has 33 heavy (non-hydrogen) atoms. The highest BCUT2D eigenvalue weighted by molar-refractivity contribution is 7.99. The van der Waals surface area contributed by atoms with Crippen LogP contribution in [0, 0.1) is 6.92 Å². The van der Waals surface area contributed by atoms with E-state index in [0.29, 0.717) is 17.3 Å². The third-order valence-electron chi connectivity index (χ3n) is 4.98. The predicted octanol–water partition coefficient (Wildman–Crippen LogP) is 4.84. The molecule has 4 rings (SSSR count). The molecule has 0 bridgehead atoms. The van der Waals surface area contributed by atoms with Crippen molar-refractivity contribution in [2.75, 3.05) is 11.1 Å². The number of hydrogen-bond donors (Lipinski definition) is 2. The van der Waals surface area contributed by atoms with Crippen molar-refractivity contribution >= 4 is 29.3 Å². The van der Waals surface area contributed by atoms with E-state index < -0.39 is 0 Å². The smallest absolute Gasteiger partial charge is 0.251 e. The molecule has 3 aromatic carbocycles. The van der Waals surface area contributed by atoms with E-state index in [9.17, 15) is 9.59 Å². The number of nitrogens with zero attached hydrogens (tertiary/aromatic N) is 2. The maximum atomic E-state index is 12.5. The Hall–Kier alpha value is -3.84. The molecule has 0 aliphatic heterocycles. The Morgan fingerprint density at radius 3 is 2.39 bits per heavy atom. The summed E-state index contributed by atoms with van der Waals surface area (Å²) in [5.74, 6) is 0.0204. The van der Waals surface area contributed by atoms with Crippen molar-refractivity contribution in [1.82, 2.24) is 14.9 Å². The van der Waals surface area contributed by atoms with Gasteiger partial charge in [-0.05, 0) is 48.9 Å². The van der Waals surface area contributed by atoms with Gasteiger partial charge >= 0.3 is 0 Å². The van der Waals surface area contributed by atoms with Gasteiger partial charge < -0.3 is 10.6 Å². The fraction of sp³-hybridized carbons (Fsp3) is 0.115. The minimum atomic E-state index is -0.125. The molecule has 0 aliphatic rings. The quantitative estimate of drug-likeness (QED) is 0.372. The maximum Gasteiger partial charge on any atom is 0.251 e. The van der Waals surface area contributed by atoms with Crippen LogP contribution in [0.15, 0.2) is 96.4 Å². The first-order chi connectivity index (χ1) is 16.1. The zero-order valence-electron chi connectivity index (χ0n) is 18.2. The Labute approximate surface area is 197 Å². The monoisotopic (exact) mass is 456 g/mol. The van der Waals surface area contributed by atoms with Crippen molar-refractivity contribution in [2.24, 2.45) is 0 Å². The van der Waals surface area contributed by atoms with Gasteiger partial charge in [-0.2, -0.15) is 0 Å². The van der Waals surface area contributed by atoms with Crippen LogP contribution in [0.4, 0.5) is 5.69 Å². The second-order valence-corrected chi connectivity index (χ2v) is 8.44. The lowest BCUT2D eigenvalue weighted by atomic mass is 10.1. The molecular formula is C26H24N4O2S. The molecule has 2 amide bonds. The number of benzene rings is 3. The predicted molar refractivity (Wildman–Crippen MR) is 132 cm³/mol. The van der Waals surface area contributed by atoms with E-state index in [1.54, 1.807) is 18.3 Å². The molecule has 0 saturated carbocycles. The van der Waals surface area contributed by atoms with E-state index in [4.69, 9.17) is 0 Å². The molecule has 0 atom stereocenters. The fourth-order valence-corrected chi connectivity index (χ4v) is 3.98. The van der Waals surface area contributed by atoms with Gasteiger partial charge in [0.05, 0.1) is 5.75 Å². The Kier molecular flexibility index (Phi) is 7.22. The molecule has 0 spiro atoms. The Morgan fingerprint density at radius 2 is 1.67 bits per heavy atom. The maximum absolute atomic E-state index is 12.5. The first-order valence-electron chi connectivity index (χ1n) is 10.5. The highest BCUT2D eigenvalue weighted by atomic mass is 32.2. The van der Waals surface area contributed by atoms with Crippen molar-refractivity contribution in [3.8, 4) is 5.69 Å². The summed E-state index contributed by atoms with van der Waals surface area (Å²) in [6.45, 7) is 2.52. The number of hydrogen-bond acceptors (Lipinski definition) is 4. The molecule has 0 aliphatic carbocycles. The lowest BCUT2D eigenvalue weighted by molar-refractivity contribution is -0.113. The minimum absolute atomic E-state index is 0.0960. The third-order valence-corrected chi connectivity index (χ3v) is 5.94. The number of nitrogens with one attached hydrogen (secondary N) is 2. The largest absolute Gasteiger partial charge is 0.348 e. The summed E-state index contributed by atoms with van der Waals surface area (Å²) in [7, 11) is 0. The van der Waals surface area contributed by atoms with Crippen LogP contribution in [0.5, 0.6) is 0 Å². The van der Waals surface area contributed by atoms with Crippen LogP contribution >= 0.6 is 11.8 Å². The number of thioether (sulfide) groups is 1. The zero-order chi connectivity index (χ0) is 23.0. The number of imidazole rings is 1. The van der Waals surface area contributed by atoms with Crippen LogP contribution in [0.25, 0.3) is 5.69 Å². The molecule has 166 valence electrons.